The second-order valence-corrected chi connectivity index (χ2v) is 9.45. The predicted molar refractivity (Wildman–Crippen MR) is 104 cm³/mol. The molecule has 8 heteroatoms. The minimum absolute atomic E-state index is 0.0440. The molecular formula is C20H34N2O6. The van der Waals surface area contributed by atoms with Gasteiger partial charge in [-0.15, -0.1) is 6.58 Å². The molecule has 28 heavy (non-hydrogen) atoms. The molecule has 3 fully saturated rings. The number of hydrogen-bond donors (Lipinski definition) is 1. The molecule has 0 bridgehead atoms. The third-order valence-corrected chi connectivity index (χ3v) is 4.43. The van der Waals surface area contributed by atoms with Crippen LogP contribution in [0.2, 0.25) is 0 Å². The number of amides is 2. The molecule has 0 aromatic rings. The number of carbonyl (C=O) groups is 2. The number of epoxide rings is 1. The summed E-state index contributed by atoms with van der Waals surface area (Å²) in [6, 6.07) is 0. The number of carbonyl (C=O) groups excluding carboxylic acids is 2. The van der Waals surface area contributed by atoms with Crippen LogP contribution in [0.15, 0.2) is 12.7 Å². The second-order valence-electron chi connectivity index (χ2n) is 9.45. The molecule has 3 saturated heterocycles. The van der Waals surface area contributed by atoms with E-state index in [2.05, 4.69) is 6.58 Å². The predicted octanol–water partition coefficient (Wildman–Crippen LogP) is 2.40. The topological polar surface area (TPSA) is 91.8 Å². The number of aliphatic hydroxyl groups excluding tert-OH is 1. The Morgan fingerprint density at radius 1 is 0.929 bits per heavy atom. The van der Waals surface area contributed by atoms with Gasteiger partial charge in [0.25, 0.3) is 0 Å². The number of fused-ring (bicyclic) bond motifs is 1. The van der Waals surface area contributed by atoms with Crippen LogP contribution < -0.4 is 0 Å². The molecule has 2 unspecified atom stereocenters. The van der Waals surface area contributed by atoms with Gasteiger partial charge in [0.1, 0.15) is 23.4 Å². The SMILES string of the molecule is C=C[C@@H]1CN(C(=O)OC(C)(C)C)C[C@H]1O.CC(C)(C)OC(=O)N1CC2OC2C1. The third kappa shape index (κ3) is 6.67. The Balaban J connectivity index is 0.000000202. The van der Waals surface area contributed by atoms with E-state index in [0.717, 1.165) is 0 Å². The van der Waals surface area contributed by atoms with E-state index in [1.165, 1.54) is 4.90 Å². The molecule has 3 aliphatic rings. The molecular weight excluding hydrogens is 364 g/mol. The van der Waals surface area contributed by atoms with Crippen LogP contribution in [0.3, 0.4) is 0 Å². The Bertz CT molecular complexity index is 584. The van der Waals surface area contributed by atoms with Crippen molar-refractivity contribution >= 4 is 12.2 Å². The van der Waals surface area contributed by atoms with Crippen LogP contribution >= 0.6 is 0 Å². The van der Waals surface area contributed by atoms with Gasteiger partial charge in [-0.3, -0.25) is 0 Å². The Kier molecular flexibility index (Phi) is 6.66. The highest BCUT2D eigenvalue weighted by atomic mass is 16.6. The highest BCUT2D eigenvalue weighted by Gasteiger charge is 2.49. The summed E-state index contributed by atoms with van der Waals surface area (Å²) in [6.45, 7) is 16.9. The molecule has 2 amide bonds. The van der Waals surface area contributed by atoms with Gasteiger partial charge in [0.05, 0.1) is 25.7 Å². The van der Waals surface area contributed by atoms with Crippen molar-refractivity contribution in [1.82, 2.24) is 9.80 Å². The van der Waals surface area contributed by atoms with Crippen LogP contribution in [0.4, 0.5) is 9.59 Å². The molecule has 0 aromatic heterocycles. The van der Waals surface area contributed by atoms with E-state index in [1.54, 1.807) is 11.0 Å². The van der Waals surface area contributed by atoms with Crippen molar-refractivity contribution in [2.24, 2.45) is 5.92 Å². The van der Waals surface area contributed by atoms with Gasteiger partial charge in [-0.05, 0) is 41.5 Å². The Morgan fingerprint density at radius 2 is 1.36 bits per heavy atom. The van der Waals surface area contributed by atoms with Crippen molar-refractivity contribution in [2.45, 2.75) is 71.1 Å². The normalized spacial score (nSPS) is 28.8. The standard InChI is InChI=1S/C11H19NO3.C9H15NO3/c1-5-8-6-12(7-9(8)13)10(14)15-11(2,3)4;1-9(2,3)13-8(11)10-4-6-7(5-10)12-6/h5,8-9,13H,1,6-7H2,2-4H3;6-7H,4-5H2,1-3H3/t8-,9-;/m1./s1. The second kappa shape index (κ2) is 8.29. The van der Waals surface area contributed by atoms with Crippen molar-refractivity contribution in [2.75, 3.05) is 26.2 Å². The molecule has 160 valence electrons. The molecule has 3 heterocycles. The number of ether oxygens (including phenoxy) is 3. The summed E-state index contributed by atoms with van der Waals surface area (Å²) in [4.78, 5) is 26.3. The summed E-state index contributed by atoms with van der Waals surface area (Å²) in [5, 5.41) is 9.59. The minimum atomic E-state index is -0.519. The fourth-order valence-electron chi connectivity index (χ4n) is 3.00. The van der Waals surface area contributed by atoms with Crippen LogP contribution in [-0.2, 0) is 14.2 Å². The number of rotatable bonds is 1. The van der Waals surface area contributed by atoms with Gasteiger partial charge >= 0.3 is 12.2 Å². The molecule has 0 radical (unpaired) electrons. The van der Waals surface area contributed by atoms with Crippen LogP contribution in [0.5, 0.6) is 0 Å². The van der Waals surface area contributed by atoms with Crippen LogP contribution in [-0.4, -0.2) is 82.8 Å². The highest BCUT2D eigenvalue weighted by Crippen LogP contribution is 2.31. The molecule has 3 rings (SSSR count). The van der Waals surface area contributed by atoms with Gasteiger partial charge in [-0.1, -0.05) is 6.08 Å². The number of likely N-dealkylation sites (tertiary alicyclic amines) is 2. The van der Waals surface area contributed by atoms with Crippen LogP contribution in [0, 0.1) is 5.92 Å². The van der Waals surface area contributed by atoms with E-state index in [-0.39, 0.29) is 30.3 Å². The van der Waals surface area contributed by atoms with E-state index in [4.69, 9.17) is 14.2 Å². The number of hydrogen-bond acceptors (Lipinski definition) is 6. The number of β-amino-alcohol motifs (C(OH)–C–C–N with tert-alkyl or cyclic N) is 1. The lowest BCUT2D eigenvalue weighted by molar-refractivity contribution is 0.0228. The van der Waals surface area contributed by atoms with E-state index >= 15 is 0 Å². The summed E-state index contributed by atoms with van der Waals surface area (Å²) in [5.74, 6) is -0.0440. The number of nitrogens with zero attached hydrogens (tertiary/aromatic N) is 2. The molecule has 0 saturated carbocycles. The third-order valence-electron chi connectivity index (χ3n) is 4.43. The first kappa shape index (κ1) is 22.5. The smallest absolute Gasteiger partial charge is 0.410 e. The minimum Gasteiger partial charge on any atom is -0.444 e. The first-order valence-electron chi connectivity index (χ1n) is 9.71. The van der Waals surface area contributed by atoms with Gasteiger partial charge < -0.3 is 29.1 Å². The van der Waals surface area contributed by atoms with Crippen molar-refractivity contribution in [3.8, 4) is 0 Å². The summed E-state index contributed by atoms with van der Waals surface area (Å²) in [5.41, 5.74) is -0.890. The van der Waals surface area contributed by atoms with Crippen molar-refractivity contribution in [3.05, 3.63) is 12.7 Å². The van der Waals surface area contributed by atoms with E-state index in [1.807, 2.05) is 41.5 Å². The first-order valence-corrected chi connectivity index (χ1v) is 9.71. The van der Waals surface area contributed by atoms with Gasteiger partial charge in [-0.25, -0.2) is 9.59 Å². The van der Waals surface area contributed by atoms with E-state index < -0.39 is 17.3 Å². The fourth-order valence-corrected chi connectivity index (χ4v) is 3.00. The van der Waals surface area contributed by atoms with E-state index in [9.17, 15) is 14.7 Å². The lowest BCUT2D eigenvalue weighted by Crippen LogP contribution is -2.37. The lowest BCUT2D eigenvalue weighted by Gasteiger charge is -2.24. The maximum Gasteiger partial charge on any atom is 0.410 e. The summed E-state index contributed by atoms with van der Waals surface area (Å²) >= 11 is 0. The van der Waals surface area contributed by atoms with Gasteiger partial charge in [0.15, 0.2) is 0 Å². The van der Waals surface area contributed by atoms with Crippen LogP contribution in [0.25, 0.3) is 0 Å². The van der Waals surface area contributed by atoms with Crippen molar-refractivity contribution in [1.29, 1.82) is 0 Å². The maximum atomic E-state index is 11.6. The van der Waals surface area contributed by atoms with Crippen molar-refractivity contribution < 1.29 is 28.9 Å². The Hall–Kier alpha value is -1.80. The number of morpholine rings is 1. The van der Waals surface area contributed by atoms with Gasteiger partial charge in [-0.2, -0.15) is 0 Å². The zero-order valence-corrected chi connectivity index (χ0v) is 17.8. The molecule has 4 atom stereocenters. The Morgan fingerprint density at radius 3 is 1.71 bits per heavy atom. The maximum absolute atomic E-state index is 11.6. The molecule has 1 N–H and O–H groups in total. The molecule has 0 aromatic carbocycles. The quantitative estimate of drug-likeness (QED) is 0.539. The molecule has 0 spiro atoms. The molecule has 0 aliphatic carbocycles. The van der Waals surface area contributed by atoms with Gasteiger partial charge in [0, 0.05) is 12.5 Å². The first-order chi connectivity index (χ1) is 12.8. The summed E-state index contributed by atoms with van der Waals surface area (Å²) < 4.78 is 15.6. The Labute approximate surface area is 167 Å². The molecule has 8 nitrogen and oxygen atoms in total. The highest BCUT2D eigenvalue weighted by molar-refractivity contribution is 5.69. The largest absolute Gasteiger partial charge is 0.444 e. The van der Waals surface area contributed by atoms with Gasteiger partial charge in [0.2, 0.25) is 0 Å². The van der Waals surface area contributed by atoms with Crippen molar-refractivity contribution in [3.63, 3.8) is 0 Å². The lowest BCUT2D eigenvalue weighted by atomic mass is 10.1. The molecule has 3 aliphatic heterocycles. The van der Waals surface area contributed by atoms with E-state index in [0.29, 0.717) is 26.2 Å². The average molecular weight is 399 g/mol. The number of aliphatic hydroxyl groups is 1. The zero-order chi connectivity index (χ0) is 21.3. The van der Waals surface area contributed by atoms with Crippen LogP contribution in [0.1, 0.15) is 41.5 Å². The zero-order valence-electron chi connectivity index (χ0n) is 17.8. The average Bonchev–Trinajstić information content (AvgIpc) is 2.96. The monoisotopic (exact) mass is 398 g/mol. The summed E-state index contributed by atoms with van der Waals surface area (Å²) in [6.07, 6.45) is 1.14. The summed E-state index contributed by atoms with van der Waals surface area (Å²) in [7, 11) is 0. The fraction of sp³-hybridized carbons (Fsp3) is 0.800.